The van der Waals surface area contributed by atoms with Gasteiger partial charge in [-0.3, -0.25) is 9.59 Å². The van der Waals surface area contributed by atoms with Gasteiger partial charge in [0.15, 0.2) is 5.13 Å². The number of para-hydroxylation sites is 1. The highest BCUT2D eigenvalue weighted by Crippen LogP contribution is 2.24. The third-order valence-corrected chi connectivity index (χ3v) is 3.12. The number of rotatable bonds is 5. The number of aromatic nitrogens is 1. The van der Waals surface area contributed by atoms with Gasteiger partial charge < -0.3 is 15.7 Å². The second-order valence-electron chi connectivity index (χ2n) is 3.51. The van der Waals surface area contributed by atoms with Crippen molar-refractivity contribution in [1.82, 2.24) is 10.3 Å². The first-order chi connectivity index (χ1) is 8.65. The van der Waals surface area contributed by atoms with Gasteiger partial charge in [-0.1, -0.05) is 23.5 Å². The zero-order valence-electron chi connectivity index (χ0n) is 9.34. The fraction of sp³-hybridized carbons (Fsp3) is 0.182. The van der Waals surface area contributed by atoms with Crippen molar-refractivity contribution >= 4 is 38.6 Å². The van der Waals surface area contributed by atoms with E-state index in [1.54, 1.807) is 0 Å². The summed E-state index contributed by atoms with van der Waals surface area (Å²) in [4.78, 5) is 25.8. The van der Waals surface area contributed by atoms with Crippen LogP contribution in [0, 0.1) is 0 Å². The zero-order valence-corrected chi connectivity index (χ0v) is 10.2. The first-order valence-electron chi connectivity index (χ1n) is 5.23. The van der Waals surface area contributed by atoms with E-state index < -0.39 is 5.97 Å². The number of nitrogens with one attached hydrogen (secondary N) is 2. The van der Waals surface area contributed by atoms with E-state index in [2.05, 4.69) is 15.6 Å². The number of carboxylic acid groups (broad SMARTS) is 1. The highest BCUT2D eigenvalue weighted by Gasteiger charge is 2.06. The molecule has 18 heavy (non-hydrogen) atoms. The van der Waals surface area contributed by atoms with Gasteiger partial charge in [-0.2, -0.15) is 0 Å². The SMILES string of the molecule is O=C(O)CNC(=O)CNc1nc2ccccc2s1. The summed E-state index contributed by atoms with van der Waals surface area (Å²) < 4.78 is 1.03. The van der Waals surface area contributed by atoms with E-state index in [1.165, 1.54) is 11.3 Å². The number of nitrogens with zero attached hydrogens (tertiary/aromatic N) is 1. The Hall–Kier alpha value is -2.15. The van der Waals surface area contributed by atoms with Crippen molar-refractivity contribution < 1.29 is 14.7 Å². The molecule has 0 aliphatic rings. The smallest absolute Gasteiger partial charge is 0.322 e. The predicted octanol–water partition coefficient (Wildman–Crippen LogP) is 0.909. The van der Waals surface area contributed by atoms with Gasteiger partial charge in [0.2, 0.25) is 5.91 Å². The molecule has 1 aromatic heterocycles. The summed E-state index contributed by atoms with van der Waals surface area (Å²) in [5.74, 6) is -1.44. The molecule has 0 radical (unpaired) electrons. The van der Waals surface area contributed by atoms with Crippen LogP contribution < -0.4 is 10.6 Å². The van der Waals surface area contributed by atoms with Gasteiger partial charge >= 0.3 is 5.97 Å². The van der Waals surface area contributed by atoms with Crippen molar-refractivity contribution in [3.63, 3.8) is 0 Å². The molecule has 0 fully saturated rings. The number of benzene rings is 1. The molecule has 0 saturated heterocycles. The summed E-state index contributed by atoms with van der Waals surface area (Å²) in [7, 11) is 0. The molecule has 0 unspecified atom stereocenters. The summed E-state index contributed by atoms with van der Waals surface area (Å²) >= 11 is 1.45. The van der Waals surface area contributed by atoms with Gasteiger partial charge in [-0.05, 0) is 12.1 Å². The Labute approximate surface area is 107 Å². The number of aliphatic carboxylic acids is 1. The Bertz CT molecular complexity index is 549. The normalized spacial score (nSPS) is 10.2. The van der Waals surface area contributed by atoms with Crippen molar-refractivity contribution in [1.29, 1.82) is 0 Å². The van der Waals surface area contributed by atoms with Gasteiger partial charge in [0.05, 0.1) is 16.8 Å². The minimum absolute atomic E-state index is 0.00705. The summed E-state index contributed by atoms with van der Waals surface area (Å²) in [6.07, 6.45) is 0. The van der Waals surface area contributed by atoms with Crippen LogP contribution in [-0.2, 0) is 9.59 Å². The molecule has 7 heteroatoms. The maximum Gasteiger partial charge on any atom is 0.322 e. The van der Waals surface area contributed by atoms with Crippen LogP contribution in [0.4, 0.5) is 5.13 Å². The van der Waals surface area contributed by atoms with Crippen LogP contribution in [-0.4, -0.2) is 35.1 Å². The zero-order chi connectivity index (χ0) is 13.0. The van der Waals surface area contributed by atoms with Gasteiger partial charge in [0, 0.05) is 0 Å². The maximum absolute atomic E-state index is 11.3. The highest BCUT2D eigenvalue weighted by atomic mass is 32.1. The van der Waals surface area contributed by atoms with Gasteiger partial charge in [-0.15, -0.1) is 0 Å². The third-order valence-electron chi connectivity index (χ3n) is 2.13. The van der Waals surface area contributed by atoms with Crippen LogP contribution >= 0.6 is 11.3 Å². The third kappa shape index (κ3) is 3.17. The predicted molar refractivity (Wildman–Crippen MR) is 68.8 cm³/mol. The molecule has 0 aliphatic heterocycles. The van der Waals surface area contributed by atoms with Crippen LogP contribution in [0.25, 0.3) is 10.2 Å². The van der Waals surface area contributed by atoms with Crippen molar-refractivity contribution in [2.45, 2.75) is 0 Å². The number of carboxylic acids is 1. The lowest BCUT2D eigenvalue weighted by Crippen LogP contribution is -2.33. The molecule has 0 bridgehead atoms. The van der Waals surface area contributed by atoms with Gasteiger partial charge in [0.25, 0.3) is 0 Å². The quantitative estimate of drug-likeness (QED) is 0.747. The molecule has 0 saturated carbocycles. The number of fused-ring (bicyclic) bond motifs is 1. The summed E-state index contributed by atoms with van der Waals surface area (Å²) in [6.45, 7) is -0.368. The molecule has 6 nitrogen and oxygen atoms in total. The first-order valence-corrected chi connectivity index (χ1v) is 6.05. The fourth-order valence-corrected chi connectivity index (χ4v) is 2.20. The van der Waals surface area contributed by atoms with Gasteiger partial charge in [0.1, 0.15) is 6.54 Å². The minimum atomic E-state index is -1.07. The van der Waals surface area contributed by atoms with E-state index in [0.29, 0.717) is 5.13 Å². The van der Waals surface area contributed by atoms with E-state index in [4.69, 9.17) is 5.11 Å². The molecule has 3 N–H and O–H groups in total. The molecule has 0 aliphatic carbocycles. The van der Waals surface area contributed by atoms with Crippen LogP contribution in [0.1, 0.15) is 0 Å². The summed E-state index contributed by atoms with van der Waals surface area (Å²) in [5, 5.41) is 14.2. The van der Waals surface area contributed by atoms with Crippen LogP contribution in [0.2, 0.25) is 0 Å². The molecule has 1 aromatic carbocycles. The molecule has 1 heterocycles. The number of carbonyl (C=O) groups is 2. The van der Waals surface area contributed by atoms with Gasteiger partial charge in [-0.25, -0.2) is 4.98 Å². The maximum atomic E-state index is 11.3. The van der Waals surface area contributed by atoms with Crippen molar-refractivity contribution in [3.05, 3.63) is 24.3 Å². The van der Waals surface area contributed by atoms with Crippen LogP contribution in [0.3, 0.4) is 0 Å². The van der Waals surface area contributed by atoms with Crippen molar-refractivity contribution in [2.24, 2.45) is 0 Å². The van der Waals surface area contributed by atoms with Crippen molar-refractivity contribution in [2.75, 3.05) is 18.4 Å². The lowest BCUT2D eigenvalue weighted by molar-refractivity contribution is -0.137. The van der Waals surface area contributed by atoms with Crippen molar-refractivity contribution in [3.8, 4) is 0 Å². The Morgan fingerprint density at radius 3 is 2.78 bits per heavy atom. The minimum Gasteiger partial charge on any atom is -0.480 e. The average Bonchev–Trinajstić information content (AvgIpc) is 2.76. The Morgan fingerprint density at radius 2 is 2.06 bits per heavy atom. The standard InChI is InChI=1S/C11H11N3O3S/c15-9(12-6-10(16)17)5-13-11-14-7-3-1-2-4-8(7)18-11/h1-4H,5-6H2,(H,12,15)(H,13,14)(H,16,17). The molecule has 0 atom stereocenters. The van der Waals surface area contributed by atoms with E-state index in [9.17, 15) is 9.59 Å². The molecule has 2 aromatic rings. The highest BCUT2D eigenvalue weighted by molar-refractivity contribution is 7.22. The second kappa shape index (κ2) is 5.46. The molecular weight excluding hydrogens is 254 g/mol. The number of thiazole rings is 1. The molecular formula is C11H11N3O3S. The lowest BCUT2D eigenvalue weighted by Gasteiger charge is -2.02. The Morgan fingerprint density at radius 1 is 1.28 bits per heavy atom. The number of amides is 1. The number of carbonyl (C=O) groups excluding carboxylic acids is 1. The molecule has 94 valence electrons. The van der Waals surface area contributed by atoms with E-state index in [-0.39, 0.29) is 19.0 Å². The first kappa shape index (κ1) is 12.3. The van der Waals surface area contributed by atoms with E-state index in [0.717, 1.165) is 10.2 Å². The monoisotopic (exact) mass is 265 g/mol. The topological polar surface area (TPSA) is 91.3 Å². The lowest BCUT2D eigenvalue weighted by atomic mass is 10.3. The van der Waals surface area contributed by atoms with Crippen LogP contribution in [0.15, 0.2) is 24.3 Å². The summed E-state index contributed by atoms with van der Waals surface area (Å²) in [6, 6.07) is 7.65. The summed E-state index contributed by atoms with van der Waals surface area (Å²) in [5.41, 5.74) is 0.871. The van der Waals surface area contributed by atoms with E-state index in [1.807, 2.05) is 24.3 Å². The number of anilines is 1. The number of hydrogen-bond donors (Lipinski definition) is 3. The largest absolute Gasteiger partial charge is 0.480 e. The van der Waals surface area contributed by atoms with Crippen LogP contribution in [0.5, 0.6) is 0 Å². The van der Waals surface area contributed by atoms with E-state index >= 15 is 0 Å². The second-order valence-corrected chi connectivity index (χ2v) is 4.54. The Kier molecular flexibility index (Phi) is 3.73. The average molecular weight is 265 g/mol. The molecule has 1 amide bonds. The Balaban J connectivity index is 1.90. The number of hydrogen-bond acceptors (Lipinski definition) is 5. The fourth-order valence-electron chi connectivity index (χ4n) is 1.34. The molecule has 2 rings (SSSR count). The molecule has 0 spiro atoms.